The van der Waals surface area contributed by atoms with Gasteiger partial charge in [0.25, 0.3) is 5.91 Å². The van der Waals surface area contributed by atoms with E-state index in [0.717, 1.165) is 4.31 Å². The summed E-state index contributed by atoms with van der Waals surface area (Å²) in [6.07, 6.45) is 0.825. The lowest BCUT2D eigenvalue weighted by atomic mass is 10.2. The fourth-order valence-electron chi connectivity index (χ4n) is 3.41. The van der Waals surface area contributed by atoms with Crippen LogP contribution in [0.4, 0.5) is 5.69 Å². The van der Waals surface area contributed by atoms with Crippen LogP contribution in [-0.2, 0) is 24.3 Å². The minimum Gasteiger partial charge on any atom is -0.454 e. The van der Waals surface area contributed by atoms with E-state index in [-0.39, 0.29) is 18.2 Å². The summed E-state index contributed by atoms with van der Waals surface area (Å²) in [5, 5.41) is 3.00. The van der Waals surface area contributed by atoms with Crippen molar-refractivity contribution in [3.05, 3.63) is 47.5 Å². The summed E-state index contributed by atoms with van der Waals surface area (Å²) in [5.41, 5.74) is 0.457. The van der Waals surface area contributed by atoms with Crippen molar-refractivity contribution in [2.75, 3.05) is 25.3 Å². The van der Waals surface area contributed by atoms with E-state index >= 15 is 0 Å². The first-order valence-corrected chi connectivity index (χ1v) is 11.3. The van der Waals surface area contributed by atoms with Gasteiger partial charge in [0, 0.05) is 23.3 Å². The number of sulfonamides is 1. The van der Waals surface area contributed by atoms with Crippen LogP contribution in [0.15, 0.2) is 47.4 Å². The number of fused-ring (bicyclic) bond motifs is 1. The third kappa shape index (κ3) is 4.60. The van der Waals surface area contributed by atoms with Crippen molar-refractivity contribution >= 4 is 39.2 Å². The molecule has 11 heteroatoms. The number of benzene rings is 2. The van der Waals surface area contributed by atoms with E-state index in [0.29, 0.717) is 35.1 Å². The molecule has 4 rings (SSSR count). The van der Waals surface area contributed by atoms with E-state index < -0.39 is 34.5 Å². The zero-order valence-electron chi connectivity index (χ0n) is 16.2. The molecule has 31 heavy (non-hydrogen) atoms. The molecule has 1 saturated heterocycles. The molecule has 164 valence electrons. The SMILES string of the molecule is O=C(COC(=O)[C@H]1CCCN1S(=O)(=O)c1ccc(Cl)cc1)Nc1ccc2c(c1)OCO2. The van der Waals surface area contributed by atoms with Gasteiger partial charge in [-0.1, -0.05) is 11.6 Å². The fraction of sp³-hybridized carbons (Fsp3) is 0.300. The topological polar surface area (TPSA) is 111 Å². The molecule has 1 N–H and O–H groups in total. The first-order valence-electron chi connectivity index (χ1n) is 9.48. The molecular weight excluding hydrogens is 448 g/mol. The van der Waals surface area contributed by atoms with Gasteiger partial charge in [0.2, 0.25) is 16.8 Å². The summed E-state index contributed by atoms with van der Waals surface area (Å²) in [7, 11) is -3.90. The van der Waals surface area contributed by atoms with Crippen LogP contribution in [0.1, 0.15) is 12.8 Å². The van der Waals surface area contributed by atoms with Crippen molar-refractivity contribution < 1.29 is 32.2 Å². The average Bonchev–Trinajstić information content (AvgIpc) is 3.42. The molecule has 2 heterocycles. The normalized spacial score (nSPS) is 18.0. The van der Waals surface area contributed by atoms with Gasteiger partial charge in [-0.3, -0.25) is 9.59 Å². The van der Waals surface area contributed by atoms with E-state index in [2.05, 4.69) is 5.32 Å². The van der Waals surface area contributed by atoms with E-state index in [1.807, 2.05) is 0 Å². The summed E-state index contributed by atoms with van der Waals surface area (Å²) < 4.78 is 42.5. The third-order valence-electron chi connectivity index (χ3n) is 4.90. The van der Waals surface area contributed by atoms with Gasteiger partial charge < -0.3 is 19.5 Å². The van der Waals surface area contributed by atoms with Crippen molar-refractivity contribution in [1.82, 2.24) is 4.31 Å². The molecule has 0 unspecified atom stereocenters. The number of hydrogen-bond donors (Lipinski definition) is 1. The summed E-state index contributed by atoms with van der Waals surface area (Å²) in [6, 6.07) is 9.61. The third-order valence-corrected chi connectivity index (χ3v) is 7.07. The first kappa shape index (κ1) is 21.4. The highest BCUT2D eigenvalue weighted by Crippen LogP contribution is 2.34. The second-order valence-corrected chi connectivity index (χ2v) is 9.28. The van der Waals surface area contributed by atoms with Crippen LogP contribution in [0.25, 0.3) is 0 Å². The lowest BCUT2D eigenvalue weighted by Crippen LogP contribution is -2.42. The molecule has 1 amide bonds. The molecule has 9 nitrogen and oxygen atoms in total. The van der Waals surface area contributed by atoms with Gasteiger partial charge in [-0.15, -0.1) is 0 Å². The molecule has 1 atom stereocenters. The Balaban J connectivity index is 1.36. The standard InChI is InChI=1S/C20H19ClN2O7S/c21-13-3-6-15(7-4-13)31(26,27)23-9-1-2-16(23)20(25)28-11-19(24)22-14-5-8-17-18(10-14)30-12-29-17/h3-8,10,16H,1-2,9,11-12H2,(H,22,24)/t16-/m1/s1. The number of carbonyl (C=O) groups excluding carboxylic acids is 2. The van der Waals surface area contributed by atoms with Gasteiger partial charge in [0.05, 0.1) is 4.90 Å². The van der Waals surface area contributed by atoms with Crippen LogP contribution in [0.3, 0.4) is 0 Å². The number of rotatable bonds is 6. The number of nitrogens with one attached hydrogen (secondary N) is 1. The van der Waals surface area contributed by atoms with Gasteiger partial charge in [0.1, 0.15) is 6.04 Å². The number of ether oxygens (including phenoxy) is 3. The zero-order valence-corrected chi connectivity index (χ0v) is 17.8. The van der Waals surface area contributed by atoms with Crippen LogP contribution in [-0.4, -0.2) is 50.6 Å². The minimum atomic E-state index is -3.90. The van der Waals surface area contributed by atoms with Crippen LogP contribution < -0.4 is 14.8 Å². The van der Waals surface area contributed by atoms with Crippen LogP contribution in [0, 0.1) is 0 Å². The molecule has 0 saturated carbocycles. The lowest BCUT2D eigenvalue weighted by Gasteiger charge is -2.22. The van der Waals surface area contributed by atoms with Crippen LogP contribution in [0.5, 0.6) is 11.5 Å². The molecule has 0 aromatic heterocycles. The Kier molecular flexibility index (Phi) is 6.03. The Morgan fingerprint density at radius 1 is 1.13 bits per heavy atom. The highest BCUT2D eigenvalue weighted by Gasteiger charge is 2.40. The zero-order chi connectivity index (χ0) is 22.0. The smallest absolute Gasteiger partial charge is 0.324 e. The van der Waals surface area contributed by atoms with Crippen molar-refractivity contribution in [2.24, 2.45) is 0 Å². The van der Waals surface area contributed by atoms with Gasteiger partial charge >= 0.3 is 5.97 Å². The largest absolute Gasteiger partial charge is 0.454 e. The van der Waals surface area contributed by atoms with Crippen LogP contribution in [0.2, 0.25) is 5.02 Å². The van der Waals surface area contributed by atoms with E-state index in [1.54, 1.807) is 18.2 Å². The maximum absolute atomic E-state index is 12.9. The molecule has 2 aliphatic rings. The molecule has 0 bridgehead atoms. The molecular formula is C20H19ClN2O7S. The van der Waals surface area contributed by atoms with Crippen molar-refractivity contribution in [3.63, 3.8) is 0 Å². The molecule has 2 aromatic rings. The van der Waals surface area contributed by atoms with E-state index in [9.17, 15) is 18.0 Å². The number of halogens is 1. The molecule has 2 aromatic carbocycles. The summed E-state index contributed by atoms with van der Waals surface area (Å²) in [4.78, 5) is 24.7. The maximum Gasteiger partial charge on any atom is 0.324 e. The quantitative estimate of drug-likeness (QED) is 0.650. The first-order chi connectivity index (χ1) is 14.8. The molecule has 0 radical (unpaired) electrons. The number of anilines is 1. The Bertz CT molecular complexity index is 1110. The number of nitrogens with zero attached hydrogens (tertiary/aromatic N) is 1. The molecule has 2 aliphatic heterocycles. The highest BCUT2D eigenvalue weighted by molar-refractivity contribution is 7.89. The second kappa shape index (κ2) is 8.74. The maximum atomic E-state index is 12.9. The monoisotopic (exact) mass is 466 g/mol. The Hall–Kier alpha value is -2.82. The number of esters is 1. The highest BCUT2D eigenvalue weighted by atomic mass is 35.5. The molecule has 1 fully saturated rings. The van der Waals surface area contributed by atoms with E-state index in [1.165, 1.54) is 24.3 Å². The van der Waals surface area contributed by atoms with E-state index in [4.69, 9.17) is 25.8 Å². The number of hydrogen-bond acceptors (Lipinski definition) is 7. The predicted octanol–water partition coefficient (Wildman–Crippen LogP) is 2.40. The second-order valence-electron chi connectivity index (χ2n) is 6.95. The van der Waals surface area contributed by atoms with Gasteiger partial charge in [-0.2, -0.15) is 4.31 Å². The fourth-order valence-corrected chi connectivity index (χ4v) is 5.18. The minimum absolute atomic E-state index is 0.0390. The van der Waals surface area contributed by atoms with Gasteiger partial charge in [-0.25, -0.2) is 8.42 Å². The lowest BCUT2D eigenvalue weighted by molar-refractivity contribution is -0.150. The molecule has 0 spiro atoms. The van der Waals surface area contributed by atoms with Crippen LogP contribution >= 0.6 is 11.6 Å². The summed E-state index contributed by atoms with van der Waals surface area (Å²) in [5.74, 6) is -0.246. The number of amides is 1. The predicted molar refractivity (Wildman–Crippen MR) is 111 cm³/mol. The Morgan fingerprint density at radius 3 is 2.65 bits per heavy atom. The Labute approximate surface area is 183 Å². The van der Waals surface area contributed by atoms with Crippen molar-refractivity contribution in [1.29, 1.82) is 0 Å². The number of carbonyl (C=O) groups is 2. The van der Waals surface area contributed by atoms with Gasteiger partial charge in [-0.05, 0) is 49.2 Å². The Morgan fingerprint density at radius 2 is 1.87 bits per heavy atom. The van der Waals surface area contributed by atoms with Crippen molar-refractivity contribution in [2.45, 2.75) is 23.8 Å². The van der Waals surface area contributed by atoms with Crippen molar-refractivity contribution in [3.8, 4) is 11.5 Å². The summed E-state index contributed by atoms with van der Waals surface area (Å²) in [6.45, 7) is -0.242. The van der Waals surface area contributed by atoms with Gasteiger partial charge in [0.15, 0.2) is 18.1 Å². The average molecular weight is 467 g/mol. The summed E-state index contributed by atoms with van der Waals surface area (Å²) >= 11 is 5.82. The molecule has 0 aliphatic carbocycles.